The molecule has 0 bridgehead atoms. The first kappa shape index (κ1) is 22.4. The second-order valence-corrected chi connectivity index (χ2v) is 7.13. The third-order valence-electron chi connectivity index (χ3n) is 4.98. The van der Waals surface area contributed by atoms with Crippen LogP contribution in [0.15, 0.2) is 18.2 Å². The topological polar surface area (TPSA) is 61.4 Å². The highest BCUT2D eigenvalue weighted by Gasteiger charge is 2.35. The fourth-order valence-electron chi connectivity index (χ4n) is 3.44. The van der Waals surface area contributed by atoms with E-state index in [4.69, 9.17) is 0 Å². The summed E-state index contributed by atoms with van der Waals surface area (Å²) in [6, 6.07) is 4.25. The Morgan fingerprint density at radius 1 is 1.31 bits per heavy atom. The number of hydrogen-bond donors (Lipinski definition) is 2. The molecule has 0 aliphatic carbocycles. The first-order valence-electron chi connectivity index (χ1n) is 8.81. The molecule has 1 aliphatic rings. The second kappa shape index (κ2) is 9.88. The predicted octanol–water partition coefficient (Wildman–Crippen LogP) is 2.38. The van der Waals surface area contributed by atoms with E-state index in [1.165, 1.54) is 18.2 Å². The first-order valence-corrected chi connectivity index (χ1v) is 8.81. The van der Waals surface area contributed by atoms with Gasteiger partial charge in [0.15, 0.2) is 0 Å². The van der Waals surface area contributed by atoms with Gasteiger partial charge in [-0.3, -0.25) is 9.59 Å². The molecule has 1 heterocycles. The van der Waals surface area contributed by atoms with Gasteiger partial charge in [-0.05, 0) is 42.5 Å². The summed E-state index contributed by atoms with van der Waals surface area (Å²) in [5.74, 6) is 0.270. The van der Waals surface area contributed by atoms with Gasteiger partial charge in [0, 0.05) is 44.7 Å². The summed E-state index contributed by atoms with van der Waals surface area (Å²) in [7, 11) is 1.64. The Labute approximate surface area is 161 Å². The number of hydrogen-bond acceptors (Lipinski definition) is 3. The lowest BCUT2D eigenvalue weighted by atomic mass is 9.91. The quantitative estimate of drug-likeness (QED) is 0.790. The molecule has 1 aliphatic heterocycles. The Morgan fingerprint density at radius 2 is 2.00 bits per heavy atom. The molecule has 0 radical (unpaired) electrons. The van der Waals surface area contributed by atoms with Crippen molar-refractivity contribution < 1.29 is 14.0 Å². The summed E-state index contributed by atoms with van der Waals surface area (Å²) in [6.07, 6.45) is 0.457. The normalized spacial score (nSPS) is 19.9. The van der Waals surface area contributed by atoms with Gasteiger partial charge in [-0.25, -0.2) is 4.39 Å². The molecule has 1 saturated heterocycles. The SMILES string of the molecule is CNC(=O)CCN1C[C@H](NC(=O)c2ccc(F)cc2C)[C@@H](C(C)C)C1.Cl. The summed E-state index contributed by atoms with van der Waals surface area (Å²) in [4.78, 5) is 26.3. The molecule has 2 amide bonds. The van der Waals surface area contributed by atoms with E-state index < -0.39 is 0 Å². The fourth-order valence-corrected chi connectivity index (χ4v) is 3.44. The average Bonchev–Trinajstić information content (AvgIpc) is 2.95. The van der Waals surface area contributed by atoms with Crippen molar-refractivity contribution in [3.05, 3.63) is 35.1 Å². The molecule has 0 spiro atoms. The Kier molecular flexibility index (Phi) is 8.50. The molecule has 2 N–H and O–H groups in total. The molecular weight excluding hydrogens is 357 g/mol. The molecule has 1 fully saturated rings. The monoisotopic (exact) mass is 385 g/mol. The van der Waals surface area contributed by atoms with Gasteiger partial charge in [-0.2, -0.15) is 0 Å². The van der Waals surface area contributed by atoms with Crippen LogP contribution in [0.2, 0.25) is 0 Å². The molecule has 2 rings (SSSR count). The Hall–Kier alpha value is -1.66. The molecule has 1 aromatic rings. The minimum atomic E-state index is -0.338. The molecule has 26 heavy (non-hydrogen) atoms. The van der Waals surface area contributed by atoms with Crippen molar-refractivity contribution in [3.8, 4) is 0 Å². The third-order valence-corrected chi connectivity index (χ3v) is 4.98. The third kappa shape index (κ3) is 5.68. The number of carbonyl (C=O) groups is 2. The highest BCUT2D eigenvalue weighted by molar-refractivity contribution is 5.95. The number of nitrogens with zero attached hydrogens (tertiary/aromatic N) is 1. The number of nitrogens with one attached hydrogen (secondary N) is 2. The fraction of sp³-hybridized carbons (Fsp3) is 0.579. The smallest absolute Gasteiger partial charge is 0.251 e. The second-order valence-electron chi connectivity index (χ2n) is 7.13. The van der Waals surface area contributed by atoms with Gasteiger partial charge >= 0.3 is 0 Å². The van der Waals surface area contributed by atoms with E-state index in [1.807, 2.05) is 0 Å². The summed E-state index contributed by atoms with van der Waals surface area (Å²) in [5, 5.41) is 5.75. The zero-order valence-electron chi connectivity index (χ0n) is 15.8. The van der Waals surface area contributed by atoms with Crippen molar-refractivity contribution in [3.63, 3.8) is 0 Å². The molecular formula is C19H29ClFN3O2. The van der Waals surface area contributed by atoms with Crippen molar-refractivity contribution in [1.82, 2.24) is 15.5 Å². The van der Waals surface area contributed by atoms with Crippen LogP contribution in [-0.4, -0.2) is 49.4 Å². The summed E-state index contributed by atoms with van der Waals surface area (Å²) in [6.45, 7) is 8.31. The van der Waals surface area contributed by atoms with E-state index in [1.54, 1.807) is 14.0 Å². The standard InChI is InChI=1S/C19H28FN3O2.ClH/c1-12(2)16-10-23(8-7-18(24)21-4)11-17(16)22-19(25)15-6-5-14(20)9-13(15)3;/h5-6,9,12,16-17H,7-8,10-11H2,1-4H3,(H,21,24)(H,22,25);1H/t16-,17+;/m1./s1. The van der Waals surface area contributed by atoms with E-state index in [0.717, 1.165) is 13.1 Å². The maximum Gasteiger partial charge on any atom is 0.251 e. The van der Waals surface area contributed by atoms with Gasteiger partial charge in [0.2, 0.25) is 5.91 Å². The van der Waals surface area contributed by atoms with E-state index in [2.05, 4.69) is 29.4 Å². The van der Waals surface area contributed by atoms with Crippen LogP contribution in [0.1, 0.15) is 36.2 Å². The van der Waals surface area contributed by atoms with Gasteiger partial charge < -0.3 is 15.5 Å². The molecule has 2 atom stereocenters. The summed E-state index contributed by atoms with van der Waals surface area (Å²) < 4.78 is 13.2. The lowest BCUT2D eigenvalue weighted by Crippen LogP contribution is -2.42. The van der Waals surface area contributed by atoms with Crippen LogP contribution in [0.4, 0.5) is 4.39 Å². The first-order chi connectivity index (χ1) is 11.8. The highest BCUT2D eigenvalue weighted by atomic mass is 35.5. The molecule has 0 unspecified atom stereocenters. The zero-order valence-corrected chi connectivity index (χ0v) is 16.7. The number of likely N-dealkylation sites (tertiary alicyclic amines) is 1. The van der Waals surface area contributed by atoms with E-state index in [0.29, 0.717) is 35.9 Å². The van der Waals surface area contributed by atoms with Crippen molar-refractivity contribution in [1.29, 1.82) is 0 Å². The van der Waals surface area contributed by atoms with Crippen molar-refractivity contribution in [2.24, 2.45) is 11.8 Å². The van der Waals surface area contributed by atoms with Crippen LogP contribution >= 0.6 is 12.4 Å². The van der Waals surface area contributed by atoms with Crippen LogP contribution in [-0.2, 0) is 4.79 Å². The van der Waals surface area contributed by atoms with E-state index in [9.17, 15) is 14.0 Å². The van der Waals surface area contributed by atoms with Crippen molar-refractivity contribution in [2.45, 2.75) is 33.2 Å². The Bertz CT molecular complexity index is 639. The van der Waals surface area contributed by atoms with E-state index in [-0.39, 0.29) is 36.1 Å². The van der Waals surface area contributed by atoms with Gasteiger partial charge in [-0.15, -0.1) is 12.4 Å². The highest BCUT2D eigenvalue weighted by Crippen LogP contribution is 2.25. The molecule has 1 aromatic carbocycles. The minimum Gasteiger partial charge on any atom is -0.359 e. The maximum absolute atomic E-state index is 13.2. The number of amides is 2. The summed E-state index contributed by atoms with van der Waals surface area (Å²) in [5.41, 5.74) is 1.14. The number of carbonyl (C=O) groups excluding carboxylic acids is 2. The van der Waals surface area contributed by atoms with Gasteiger partial charge in [0.1, 0.15) is 5.82 Å². The van der Waals surface area contributed by atoms with Crippen LogP contribution in [0.5, 0.6) is 0 Å². The van der Waals surface area contributed by atoms with Crippen LogP contribution in [0.25, 0.3) is 0 Å². The number of benzene rings is 1. The Morgan fingerprint density at radius 3 is 2.58 bits per heavy atom. The largest absolute Gasteiger partial charge is 0.359 e. The molecule has 7 heteroatoms. The molecule has 146 valence electrons. The van der Waals surface area contributed by atoms with Crippen LogP contribution in [0, 0.1) is 24.6 Å². The van der Waals surface area contributed by atoms with Crippen LogP contribution < -0.4 is 10.6 Å². The molecule has 5 nitrogen and oxygen atoms in total. The van der Waals surface area contributed by atoms with Crippen molar-refractivity contribution >= 4 is 24.2 Å². The predicted molar refractivity (Wildman–Crippen MR) is 103 cm³/mol. The molecule has 0 aromatic heterocycles. The minimum absolute atomic E-state index is 0. The number of halogens is 2. The van der Waals surface area contributed by atoms with Gasteiger partial charge in [-0.1, -0.05) is 13.8 Å². The zero-order chi connectivity index (χ0) is 18.6. The maximum atomic E-state index is 13.2. The molecule has 0 saturated carbocycles. The lowest BCUT2D eigenvalue weighted by Gasteiger charge is -2.23. The Balaban J connectivity index is 0.00000338. The summed E-state index contributed by atoms with van der Waals surface area (Å²) >= 11 is 0. The number of aryl methyl sites for hydroxylation is 1. The van der Waals surface area contributed by atoms with Crippen LogP contribution in [0.3, 0.4) is 0 Å². The van der Waals surface area contributed by atoms with E-state index >= 15 is 0 Å². The average molecular weight is 386 g/mol. The van der Waals surface area contributed by atoms with Crippen molar-refractivity contribution in [2.75, 3.05) is 26.7 Å². The van der Waals surface area contributed by atoms with Gasteiger partial charge in [0.05, 0.1) is 0 Å². The lowest BCUT2D eigenvalue weighted by molar-refractivity contribution is -0.120. The van der Waals surface area contributed by atoms with Gasteiger partial charge in [0.25, 0.3) is 5.91 Å². The number of rotatable bonds is 6.